The first-order valence-corrected chi connectivity index (χ1v) is 8.37. The minimum Gasteiger partial charge on any atom is -0.340 e. The van der Waals surface area contributed by atoms with Gasteiger partial charge in [0.05, 0.1) is 11.3 Å². The fourth-order valence-electron chi connectivity index (χ4n) is 2.69. The highest BCUT2D eigenvalue weighted by atomic mass is 19.4. The van der Waals surface area contributed by atoms with Crippen molar-refractivity contribution in [2.45, 2.75) is 19.6 Å². The first-order chi connectivity index (χ1) is 12.8. The van der Waals surface area contributed by atoms with Crippen LogP contribution in [-0.4, -0.2) is 17.0 Å². The Morgan fingerprint density at radius 2 is 1.63 bits per heavy atom. The minimum absolute atomic E-state index is 0.0419. The Kier molecular flexibility index (Phi) is 5.30. The van der Waals surface area contributed by atoms with E-state index in [1.54, 1.807) is 19.1 Å². The highest BCUT2D eigenvalue weighted by Crippen LogP contribution is 2.35. The van der Waals surface area contributed by atoms with Gasteiger partial charge in [0.15, 0.2) is 0 Å². The smallest absolute Gasteiger partial charge is 0.340 e. The topological polar surface area (TPSA) is 41.1 Å². The summed E-state index contributed by atoms with van der Waals surface area (Å²) in [4.78, 5) is 10.6. The lowest BCUT2D eigenvalue weighted by molar-refractivity contribution is -0.136. The molecule has 0 fully saturated rings. The SMILES string of the molecule is Cc1cc(Nc2ccccc2C(F)(F)F)nc(N(C)Cc2ccccc2)n1. The molecule has 27 heavy (non-hydrogen) atoms. The Bertz CT molecular complexity index is 911. The number of anilines is 3. The van der Waals surface area contributed by atoms with Crippen molar-refractivity contribution in [3.05, 3.63) is 77.5 Å². The quantitative estimate of drug-likeness (QED) is 0.670. The van der Waals surface area contributed by atoms with Crippen LogP contribution in [0.25, 0.3) is 0 Å². The molecule has 0 atom stereocenters. The third kappa shape index (κ3) is 4.75. The molecule has 1 N–H and O–H groups in total. The second kappa shape index (κ2) is 7.65. The molecule has 3 aromatic rings. The second-order valence-electron chi connectivity index (χ2n) is 6.20. The van der Waals surface area contributed by atoms with Crippen molar-refractivity contribution in [1.82, 2.24) is 9.97 Å². The van der Waals surface area contributed by atoms with Gasteiger partial charge in [0.1, 0.15) is 5.82 Å². The van der Waals surface area contributed by atoms with Crippen molar-refractivity contribution in [2.24, 2.45) is 0 Å². The van der Waals surface area contributed by atoms with E-state index in [0.29, 0.717) is 24.0 Å². The predicted molar refractivity (Wildman–Crippen MR) is 100 cm³/mol. The molecule has 0 spiro atoms. The van der Waals surface area contributed by atoms with Gasteiger partial charge in [-0.1, -0.05) is 42.5 Å². The molecule has 0 aliphatic heterocycles. The zero-order valence-electron chi connectivity index (χ0n) is 15.0. The molecule has 4 nitrogen and oxygen atoms in total. The average Bonchev–Trinajstić information content (AvgIpc) is 2.61. The zero-order chi connectivity index (χ0) is 19.4. The van der Waals surface area contributed by atoms with E-state index in [1.165, 1.54) is 12.1 Å². The summed E-state index contributed by atoms with van der Waals surface area (Å²) in [5.41, 5.74) is 0.967. The highest BCUT2D eigenvalue weighted by Gasteiger charge is 2.33. The van der Waals surface area contributed by atoms with Gasteiger partial charge in [-0.05, 0) is 24.6 Å². The van der Waals surface area contributed by atoms with E-state index in [2.05, 4.69) is 15.3 Å². The Labute approximate surface area is 155 Å². The zero-order valence-corrected chi connectivity index (χ0v) is 15.0. The van der Waals surface area contributed by atoms with Crippen LogP contribution >= 0.6 is 0 Å². The molecule has 0 radical (unpaired) electrons. The summed E-state index contributed by atoms with van der Waals surface area (Å²) in [5.74, 6) is 0.750. The summed E-state index contributed by atoms with van der Waals surface area (Å²) in [6, 6.07) is 16.8. The first kappa shape index (κ1) is 18.7. The Balaban J connectivity index is 1.86. The molecule has 1 aromatic heterocycles. The second-order valence-corrected chi connectivity index (χ2v) is 6.20. The van der Waals surface area contributed by atoms with E-state index in [0.717, 1.165) is 11.6 Å². The Morgan fingerprint density at radius 1 is 0.963 bits per heavy atom. The van der Waals surface area contributed by atoms with Crippen molar-refractivity contribution in [2.75, 3.05) is 17.3 Å². The van der Waals surface area contributed by atoms with Crippen LogP contribution in [0.5, 0.6) is 0 Å². The number of rotatable bonds is 5. The number of hydrogen-bond donors (Lipinski definition) is 1. The highest BCUT2D eigenvalue weighted by molar-refractivity contribution is 5.62. The van der Waals surface area contributed by atoms with E-state index in [1.807, 2.05) is 42.3 Å². The number of para-hydroxylation sites is 1. The van der Waals surface area contributed by atoms with Crippen LogP contribution in [0.1, 0.15) is 16.8 Å². The van der Waals surface area contributed by atoms with Gasteiger partial charge in [0.2, 0.25) is 5.95 Å². The van der Waals surface area contributed by atoms with Gasteiger partial charge in [-0.15, -0.1) is 0 Å². The average molecular weight is 372 g/mol. The van der Waals surface area contributed by atoms with Crippen LogP contribution in [0.3, 0.4) is 0 Å². The van der Waals surface area contributed by atoms with Crippen molar-refractivity contribution in [1.29, 1.82) is 0 Å². The van der Waals surface area contributed by atoms with Crippen LogP contribution < -0.4 is 10.2 Å². The molecule has 0 aliphatic rings. The summed E-state index contributed by atoms with van der Waals surface area (Å²) in [6.45, 7) is 2.37. The monoisotopic (exact) mass is 372 g/mol. The lowest BCUT2D eigenvalue weighted by Gasteiger charge is -2.19. The first-order valence-electron chi connectivity index (χ1n) is 8.37. The fraction of sp³-hybridized carbons (Fsp3) is 0.200. The maximum absolute atomic E-state index is 13.2. The fourth-order valence-corrected chi connectivity index (χ4v) is 2.69. The third-order valence-electron chi connectivity index (χ3n) is 3.94. The van der Waals surface area contributed by atoms with Crippen molar-refractivity contribution < 1.29 is 13.2 Å². The van der Waals surface area contributed by atoms with Crippen LogP contribution in [0, 0.1) is 6.92 Å². The third-order valence-corrected chi connectivity index (χ3v) is 3.94. The van der Waals surface area contributed by atoms with Gasteiger partial charge in [-0.25, -0.2) is 4.98 Å². The number of aryl methyl sites for hydroxylation is 1. The summed E-state index contributed by atoms with van der Waals surface area (Å²) < 4.78 is 39.6. The van der Waals surface area contributed by atoms with Gasteiger partial charge in [0, 0.05) is 25.4 Å². The molecule has 0 amide bonds. The minimum atomic E-state index is -4.45. The van der Waals surface area contributed by atoms with Crippen LogP contribution in [0.4, 0.5) is 30.6 Å². The molecule has 1 heterocycles. The number of alkyl halides is 3. The van der Waals surface area contributed by atoms with Crippen LogP contribution in [0.15, 0.2) is 60.7 Å². The number of halogens is 3. The van der Waals surface area contributed by atoms with Gasteiger partial charge in [0.25, 0.3) is 0 Å². The normalized spacial score (nSPS) is 11.3. The summed E-state index contributed by atoms with van der Waals surface area (Å²) in [6.07, 6.45) is -4.45. The molecule has 0 unspecified atom stereocenters. The van der Waals surface area contributed by atoms with Gasteiger partial charge in [-0.2, -0.15) is 18.2 Å². The van der Waals surface area contributed by atoms with E-state index < -0.39 is 11.7 Å². The largest absolute Gasteiger partial charge is 0.418 e. The Hall–Kier alpha value is -3.09. The van der Waals surface area contributed by atoms with Crippen molar-refractivity contribution in [3.8, 4) is 0 Å². The maximum Gasteiger partial charge on any atom is 0.418 e. The van der Waals surface area contributed by atoms with Crippen LogP contribution in [-0.2, 0) is 12.7 Å². The number of nitrogens with one attached hydrogen (secondary N) is 1. The summed E-state index contributed by atoms with van der Waals surface area (Å²) in [5, 5.41) is 2.78. The van der Waals surface area contributed by atoms with Crippen molar-refractivity contribution in [3.63, 3.8) is 0 Å². The number of aromatic nitrogens is 2. The molecule has 3 rings (SSSR count). The standard InChI is InChI=1S/C20H19F3N4/c1-14-12-18(25-17-11-7-6-10-16(17)20(21,22)23)26-19(24-14)27(2)13-15-8-4-3-5-9-15/h3-12H,13H2,1-2H3,(H,24,25,26). The molecule has 2 aromatic carbocycles. The van der Waals surface area contributed by atoms with E-state index >= 15 is 0 Å². The van der Waals surface area contributed by atoms with E-state index in [4.69, 9.17) is 0 Å². The molecule has 0 bridgehead atoms. The molecular weight excluding hydrogens is 353 g/mol. The van der Waals surface area contributed by atoms with Crippen molar-refractivity contribution >= 4 is 17.5 Å². The maximum atomic E-state index is 13.2. The molecule has 0 aliphatic carbocycles. The van der Waals surface area contributed by atoms with E-state index in [9.17, 15) is 13.2 Å². The van der Waals surface area contributed by atoms with Crippen LogP contribution in [0.2, 0.25) is 0 Å². The molecule has 0 saturated heterocycles. The van der Waals surface area contributed by atoms with Gasteiger partial charge >= 0.3 is 6.18 Å². The molecular formula is C20H19F3N4. The van der Waals surface area contributed by atoms with Gasteiger partial charge in [-0.3, -0.25) is 0 Å². The number of hydrogen-bond acceptors (Lipinski definition) is 4. The van der Waals surface area contributed by atoms with E-state index in [-0.39, 0.29) is 5.69 Å². The summed E-state index contributed by atoms with van der Waals surface area (Å²) in [7, 11) is 1.84. The lowest BCUT2D eigenvalue weighted by Crippen LogP contribution is -2.20. The Morgan fingerprint density at radius 3 is 2.33 bits per heavy atom. The number of nitrogens with zero attached hydrogens (tertiary/aromatic N) is 3. The molecule has 140 valence electrons. The molecule has 7 heteroatoms. The lowest BCUT2D eigenvalue weighted by atomic mass is 10.1. The van der Waals surface area contributed by atoms with Gasteiger partial charge < -0.3 is 10.2 Å². The number of benzene rings is 2. The molecule has 0 saturated carbocycles. The summed E-state index contributed by atoms with van der Waals surface area (Å²) >= 11 is 0. The predicted octanol–water partition coefficient (Wildman–Crippen LogP) is 5.18.